The Kier molecular flexibility index (Phi) is 6.71. The summed E-state index contributed by atoms with van der Waals surface area (Å²) in [5.74, 6) is -0.789. The molecule has 1 saturated heterocycles. The van der Waals surface area contributed by atoms with E-state index in [1.54, 1.807) is 6.92 Å². The Balaban J connectivity index is 2.23. The number of hydrogen-bond donors (Lipinski definition) is 3. The first-order valence-electron chi connectivity index (χ1n) is 6.79. The Bertz CT molecular complexity index is 282. The number of aliphatic hydroxyl groups excluding tert-OH is 2. The van der Waals surface area contributed by atoms with Crippen LogP contribution in [-0.2, 0) is 14.3 Å². The zero-order valence-electron chi connectivity index (χ0n) is 11.5. The fourth-order valence-corrected chi connectivity index (χ4v) is 2.07. The molecule has 1 fully saturated rings. The summed E-state index contributed by atoms with van der Waals surface area (Å²) in [5, 5.41) is 27.8. The predicted octanol–water partition coefficient (Wildman–Crippen LogP) is 0.893. The molecule has 0 aromatic rings. The highest BCUT2D eigenvalue weighted by Gasteiger charge is 2.35. The van der Waals surface area contributed by atoms with E-state index in [-0.39, 0.29) is 25.0 Å². The molecule has 0 aromatic carbocycles. The lowest BCUT2D eigenvalue weighted by molar-refractivity contribution is -0.273. The lowest BCUT2D eigenvalue weighted by Gasteiger charge is -2.36. The van der Waals surface area contributed by atoms with Crippen molar-refractivity contribution in [2.24, 2.45) is 0 Å². The van der Waals surface area contributed by atoms with Crippen molar-refractivity contribution in [3.05, 3.63) is 0 Å². The van der Waals surface area contributed by atoms with Crippen molar-refractivity contribution >= 4 is 5.97 Å². The molecule has 0 aromatic heterocycles. The first-order valence-corrected chi connectivity index (χ1v) is 6.79. The molecule has 1 aliphatic rings. The average molecular weight is 276 g/mol. The first-order chi connectivity index (χ1) is 8.90. The number of hydrogen-bond acceptors (Lipinski definition) is 5. The maximum Gasteiger partial charge on any atom is 0.303 e. The summed E-state index contributed by atoms with van der Waals surface area (Å²) < 4.78 is 11.0. The van der Waals surface area contributed by atoms with Crippen molar-refractivity contribution in [2.45, 2.75) is 76.7 Å². The lowest BCUT2D eigenvalue weighted by Crippen LogP contribution is -2.48. The van der Waals surface area contributed by atoms with Crippen molar-refractivity contribution in [3.8, 4) is 0 Å². The van der Waals surface area contributed by atoms with Crippen LogP contribution in [0.2, 0.25) is 0 Å². The van der Waals surface area contributed by atoms with E-state index in [2.05, 4.69) is 0 Å². The molecule has 0 aliphatic carbocycles. The molecule has 0 radical (unpaired) electrons. The summed E-state index contributed by atoms with van der Waals surface area (Å²) in [6.45, 7) is 3.61. The molecule has 0 amide bonds. The molecule has 1 rings (SSSR count). The van der Waals surface area contributed by atoms with Gasteiger partial charge in [0.25, 0.3) is 0 Å². The summed E-state index contributed by atoms with van der Waals surface area (Å²) in [6, 6.07) is 0. The third-order valence-electron chi connectivity index (χ3n) is 3.31. The predicted molar refractivity (Wildman–Crippen MR) is 67.6 cm³/mol. The third kappa shape index (κ3) is 5.86. The Morgan fingerprint density at radius 1 is 1.37 bits per heavy atom. The number of aliphatic hydroxyl groups is 2. The minimum atomic E-state index is -0.826. The second-order valence-electron chi connectivity index (χ2n) is 5.17. The Labute approximate surface area is 113 Å². The van der Waals surface area contributed by atoms with E-state index in [0.717, 1.165) is 12.8 Å². The summed E-state index contributed by atoms with van der Waals surface area (Å²) in [4.78, 5) is 10.4. The van der Waals surface area contributed by atoms with Crippen LogP contribution in [0.5, 0.6) is 0 Å². The lowest BCUT2D eigenvalue weighted by atomic mass is 10.0. The van der Waals surface area contributed by atoms with Gasteiger partial charge in [0.2, 0.25) is 0 Å². The molecular formula is C13H24O6. The van der Waals surface area contributed by atoms with E-state index >= 15 is 0 Å². The number of carbonyl (C=O) groups is 1. The molecule has 1 aliphatic heterocycles. The van der Waals surface area contributed by atoms with Gasteiger partial charge in [-0.25, -0.2) is 0 Å². The highest BCUT2D eigenvalue weighted by atomic mass is 16.7. The van der Waals surface area contributed by atoms with Gasteiger partial charge in [-0.05, 0) is 26.7 Å². The minimum absolute atomic E-state index is 0.115. The van der Waals surface area contributed by atoms with E-state index in [0.29, 0.717) is 6.42 Å². The van der Waals surface area contributed by atoms with Crippen LogP contribution in [-0.4, -0.2) is 52.0 Å². The van der Waals surface area contributed by atoms with E-state index in [1.165, 1.54) is 0 Å². The van der Waals surface area contributed by atoms with E-state index in [9.17, 15) is 15.0 Å². The van der Waals surface area contributed by atoms with Gasteiger partial charge in [-0.3, -0.25) is 4.79 Å². The van der Waals surface area contributed by atoms with Crippen molar-refractivity contribution in [2.75, 3.05) is 0 Å². The number of unbranched alkanes of at least 4 members (excludes halogenated alkanes) is 1. The van der Waals surface area contributed by atoms with E-state index in [1.807, 2.05) is 6.92 Å². The van der Waals surface area contributed by atoms with Crippen LogP contribution in [0.15, 0.2) is 0 Å². The molecule has 5 atom stereocenters. The van der Waals surface area contributed by atoms with Gasteiger partial charge < -0.3 is 24.8 Å². The standard InChI is InChI=1S/C13H24O6/c1-8(5-3-4-6-12(16)17)18-13-11(15)7-10(14)9(2)19-13/h8-11,13-15H,3-7H2,1-2H3,(H,16,17)/t8-,9?,10?,11?,13-/m1/s1. The molecule has 3 unspecified atom stereocenters. The quantitative estimate of drug-likeness (QED) is 0.598. The average Bonchev–Trinajstić information content (AvgIpc) is 2.31. The van der Waals surface area contributed by atoms with Crippen molar-refractivity contribution in [1.82, 2.24) is 0 Å². The molecule has 0 saturated carbocycles. The normalized spacial score (nSPS) is 33.1. The monoisotopic (exact) mass is 276 g/mol. The maximum atomic E-state index is 10.4. The van der Waals surface area contributed by atoms with E-state index < -0.39 is 24.5 Å². The van der Waals surface area contributed by atoms with Crippen molar-refractivity contribution in [1.29, 1.82) is 0 Å². The van der Waals surface area contributed by atoms with Crippen LogP contribution >= 0.6 is 0 Å². The Morgan fingerprint density at radius 3 is 2.68 bits per heavy atom. The topological polar surface area (TPSA) is 96.2 Å². The zero-order chi connectivity index (χ0) is 14.4. The van der Waals surface area contributed by atoms with Crippen LogP contribution in [0.25, 0.3) is 0 Å². The van der Waals surface area contributed by atoms with Gasteiger partial charge in [0.05, 0.1) is 18.3 Å². The molecular weight excluding hydrogens is 252 g/mol. The number of aliphatic carboxylic acids is 1. The molecule has 0 spiro atoms. The smallest absolute Gasteiger partial charge is 0.303 e. The van der Waals surface area contributed by atoms with Gasteiger partial charge in [-0.2, -0.15) is 0 Å². The van der Waals surface area contributed by atoms with Gasteiger partial charge in [0.1, 0.15) is 6.10 Å². The summed E-state index contributed by atoms with van der Waals surface area (Å²) in [7, 11) is 0. The van der Waals surface area contributed by atoms with Gasteiger partial charge >= 0.3 is 5.97 Å². The minimum Gasteiger partial charge on any atom is -0.481 e. The summed E-state index contributed by atoms with van der Waals surface area (Å²) >= 11 is 0. The molecule has 3 N–H and O–H groups in total. The SMILES string of the molecule is CC1O[C@@H](O[C@H](C)CCCCC(=O)O)C(O)CC1O. The Morgan fingerprint density at radius 2 is 2.05 bits per heavy atom. The van der Waals surface area contributed by atoms with Gasteiger partial charge in [0, 0.05) is 12.8 Å². The fourth-order valence-electron chi connectivity index (χ4n) is 2.07. The number of carboxylic acids is 1. The molecule has 6 heteroatoms. The highest BCUT2D eigenvalue weighted by molar-refractivity contribution is 5.66. The first kappa shape index (κ1) is 16.4. The van der Waals surface area contributed by atoms with Crippen LogP contribution in [0.1, 0.15) is 46.0 Å². The largest absolute Gasteiger partial charge is 0.481 e. The second-order valence-corrected chi connectivity index (χ2v) is 5.17. The number of carboxylic acid groups (broad SMARTS) is 1. The second kappa shape index (κ2) is 7.79. The zero-order valence-corrected chi connectivity index (χ0v) is 11.5. The third-order valence-corrected chi connectivity index (χ3v) is 3.31. The fraction of sp³-hybridized carbons (Fsp3) is 0.923. The summed E-state index contributed by atoms with van der Waals surface area (Å²) in [6.07, 6.45) is -0.169. The van der Waals surface area contributed by atoms with Crippen molar-refractivity contribution < 1.29 is 29.6 Å². The Hall–Kier alpha value is -0.690. The van der Waals surface area contributed by atoms with Crippen LogP contribution < -0.4 is 0 Å². The molecule has 19 heavy (non-hydrogen) atoms. The van der Waals surface area contributed by atoms with Crippen LogP contribution in [0.4, 0.5) is 0 Å². The number of rotatable bonds is 7. The molecule has 6 nitrogen and oxygen atoms in total. The van der Waals surface area contributed by atoms with Gasteiger partial charge in [-0.1, -0.05) is 6.42 Å². The van der Waals surface area contributed by atoms with E-state index in [4.69, 9.17) is 14.6 Å². The van der Waals surface area contributed by atoms with Crippen LogP contribution in [0, 0.1) is 0 Å². The molecule has 1 heterocycles. The van der Waals surface area contributed by atoms with Crippen LogP contribution in [0.3, 0.4) is 0 Å². The number of ether oxygens (including phenoxy) is 2. The maximum absolute atomic E-state index is 10.4. The molecule has 0 bridgehead atoms. The highest BCUT2D eigenvalue weighted by Crippen LogP contribution is 2.23. The van der Waals surface area contributed by atoms with Gasteiger partial charge in [-0.15, -0.1) is 0 Å². The van der Waals surface area contributed by atoms with Gasteiger partial charge in [0.15, 0.2) is 6.29 Å². The molecule has 112 valence electrons. The summed E-state index contributed by atoms with van der Waals surface area (Å²) in [5.41, 5.74) is 0. The van der Waals surface area contributed by atoms with Crippen molar-refractivity contribution in [3.63, 3.8) is 0 Å².